The Morgan fingerprint density at radius 1 is 1.57 bits per heavy atom. The Morgan fingerprint density at radius 3 is 2.93 bits per heavy atom. The van der Waals surface area contributed by atoms with Crippen molar-refractivity contribution in [2.24, 2.45) is 0 Å². The van der Waals surface area contributed by atoms with E-state index in [1.807, 2.05) is 0 Å². The van der Waals surface area contributed by atoms with E-state index >= 15 is 0 Å². The molecular formula is C10H20N2O2. The third kappa shape index (κ3) is 4.58. The van der Waals surface area contributed by atoms with Crippen LogP contribution in [0.2, 0.25) is 0 Å². The van der Waals surface area contributed by atoms with Gasteiger partial charge in [-0.15, -0.1) is 0 Å². The molecule has 0 aliphatic carbocycles. The Hall–Kier alpha value is -0.610. The van der Waals surface area contributed by atoms with Crippen LogP contribution in [0.4, 0.5) is 0 Å². The highest BCUT2D eigenvalue weighted by molar-refractivity contribution is 5.76. The molecule has 1 rings (SSSR count). The number of carbonyl (C=O) groups is 1. The molecule has 0 spiro atoms. The van der Waals surface area contributed by atoms with Crippen molar-refractivity contribution in [1.82, 2.24) is 10.6 Å². The van der Waals surface area contributed by atoms with Crippen molar-refractivity contribution < 1.29 is 9.53 Å². The fraction of sp³-hybridized carbons (Fsp3) is 0.900. The molecule has 0 saturated carbocycles. The van der Waals surface area contributed by atoms with Crippen molar-refractivity contribution >= 4 is 5.91 Å². The molecular weight excluding hydrogens is 180 g/mol. The number of nitrogens with one attached hydrogen (secondary N) is 2. The van der Waals surface area contributed by atoms with Gasteiger partial charge in [0.05, 0.1) is 12.6 Å². The van der Waals surface area contributed by atoms with Gasteiger partial charge in [-0.05, 0) is 6.42 Å². The lowest BCUT2D eigenvalue weighted by atomic mass is 10.2. The van der Waals surface area contributed by atoms with Gasteiger partial charge in [-0.25, -0.2) is 0 Å². The summed E-state index contributed by atoms with van der Waals surface area (Å²) in [6.45, 7) is 6.33. The molecule has 1 saturated heterocycles. The van der Waals surface area contributed by atoms with E-state index in [4.69, 9.17) is 4.74 Å². The third-order valence-corrected chi connectivity index (χ3v) is 2.20. The van der Waals surface area contributed by atoms with E-state index in [2.05, 4.69) is 24.5 Å². The molecule has 1 atom stereocenters. The second-order valence-corrected chi connectivity index (χ2v) is 3.99. The fourth-order valence-corrected chi connectivity index (χ4v) is 1.42. The van der Waals surface area contributed by atoms with Crippen molar-refractivity contribution in [2.45, 2.75) is 38.8 Å². The highest BCUT2D eigenvalue weighted by Gasteiger charge is 2.17. The first kappa shape index (κ1) is 11.5. The summed E-state index contributed by atoms with van der Waals surface area (Å²) in [7, 11) is 0. The molecule has 1 amide bonds. The summed E-state index contributed by atoms with van der Waals surface area (Å²) in [6.07, 6.45) is 1.50. The van der Waals surface area contributed by atoms with Crippen LogP contribution in [0.3, 0.4) is 0 Å². The van der Waals surface area contributed by atoms with Crippen molar-refractivity contribution in [3.05, 3.63) is 0 Å². The monoisotopic (exact) mass is 200 g/mol. The first-order valence-electron chi connectivity index (χ1n) is 5.29. The number of amides is 1. The lowest BCUT2D eigenvalue weighted by Gasteiger charge is -2.11. The molecule has 2 N–H and O–H groups in total. The Bertz CT molecular complexity index is 177. The van der Waals surface area contributed by atoms with Gasteiger partial charge in [-0.2, -0.15) is 0 Å². The first-order chi connectivity index (χ1) is 6.68. The molecule has 82 valence electrons. The highest BCUT2D eigenvalue weighted by atomic mass is 16.5. The number of ether oxygens (including phenoxy) is 1. The maximum absolute atomic E-state index is 11.4. The molecule has 1 heterocycles. The van der Waals surface area contributed by atoms with Gasteiger partial charge in [0.2, 0.25) is 5.91 Å². The molecule has 4 nitrogen and oxygen atoms in total. The van der Waals surface area contributed by atoms with Gasteiger partial charge in [-0.1, -0.05) is 13.8 Å². The molecule has 0 aromatic carbocycles. The van der Waals surface area contributed by atoms with Crippen molar-refractivity contribution in [2.75, 3.05) is 19.8 Å². The number of hydrogen-bond acceptors (Lipinski definition) is 3. The normalized spacial score (nSPS) is 21.5. The van der Waals surface area contributed by atoms with Gasteiger partial charge < -0.3 is 15.4 Å². The average molecular weight is 200 g/mol. The molecule has 14 heavy (non-hydrogen) atoms. The topological polar surface area (TPSA) is 50.4 Å². The highest BCUT2D eigenvalue weighted by Crippen LogP contribution is 2.02. The molecule has 4 heteroatoms. The Labute approximate surface area is 85.4 Å². The zero-order valence-electron chi connectivity index (χ0n) is 9.01. The number of hydrogen-bond donors (Lipinski definition) is 2. The fourth-order valence-electron chi connectivity index (χ4n) is 1.42. The summed E-state index contributed by atoms with van der Waals surface area (Å²) >= 11 is 0. The Kier molecular flexibility index (Phi) is 4.90. The standard InChI is InChI=1S/C10H20N2O2/c1-8(2)11-5-3-10(13)12-9-4-6-14-7-9/h8-9,11H,3-7H2,1-2H3,(H,12,13). The zero-order valence-corrected chi connectivity index (χ0v) is 9.01. The first-order valence-corrected chi connectivity index (χ1v) is 5.29. The molecule has 1 aliphatic rings. The van der Waals surface area contributed by atoms with E-state index in [0.29, 0.717) is 19.1 Å². The minimum atomic E-state index is 0.119. The summed E-state index contributed by atoms with van der Waals surface area (Å²) < 4.78 is 5.17. The largest absolute Gasteiger partial charge is 0.379 e. The lowest BCUT2D eigenvalue weighted by Crippen LogP contribution is -2.37. The van der Waals surface area contributed by atoms with Crippen LogP contribution in [-0.2, 0) is 9.53 Å². The average Bonchev–Trinajstić information content (AvgIpc) is 2.56. The maximum Gasteiger partial charge on any atom is 0.221 e. The summed E-state index contributed by atoms with van der Waals surface area (Å²) in [5.74, 6) is 0.119. The van der Waals surface area contributed by atoms with E-state index in [0.717, 1.165) is 19.6 Å². The van der Waals surface area contributed by atoms with Crippen LogP contribution in [-0.4, -0.2) is 37.7 Å². The summed E-state index contributed by atoms with van der Waals surface area (Å²) in [5.41, 5.74) is 0. The zero-order chi connectivity index (χ0) is 10.4. The van der Waals surface area contributed by atoms with Gasteiger partial charge in [0.25, 0.3) is 0 Å². The predicted molar refractivity (Wildman–Crippen MR) is 55.1 cm³/mol. The third-order valence-electron chi connectivity index (χ3n) is 2.20. The molecule has 0 bridgehead atoms. The van der Waals surface area contributed by atoms with Crippen LogP contribution >= 0.6 is 0 Å². The molecule has 1 aliphatic heterocycles. The molecule has 0 aromatic rings. The molecule has 1 unspecified atom stereocenters. The number of carbonyl (C=O) groups excluding carboxylic acids is 1. The summed E-state index contributed by atoms with van der Waals surface area (Å²) in [6, 6.07) is 0.680. The molecule has 0 aromatic heterocycles. The van der Waals surface area contributed by atoms with Crippen LogP contribution in [0.5, 0.6) is 0 Å². The summed E-state index contributed by atoms with van der Waals surface area (Å²) in [4.78, 5) is 11.4. The van der Waals surface area contributed by atoms with E-state index in [9.17, 15) is 4.79 Å². The van der Waals surface area contributed by atoms with Crippen LogP contribution < -0.4 is 10.6 Å². The van der Waals surface area contributed by atoms with Crippen molar-refractivity contribution in [3.63, 3.8) is 0 Å². The maximum atomic E-state index is 11.4. The summed E-state index contributed by atoms with van der Waals surface area (Å²) in [5, 5.41) is 6.16. The molecule has 0 radical (unpaired) electrons. The van der Waals surface area contributed by atoms with Crippen molar-refractivity contribution in [1.29, 1.82) is 0 Å². The van der Waals surface area contributed by atoms with E-state index in [1.165, 1.54) is 0 Å². The number of rotatable bonds is 5. The van der Waals surface area contributed by atoms with Crippen molar-refractivity contribution in [3.8, 4) is 0 Å². The van der Waals surface area contributed by atoms with Crippen LogP contribution in [0, 0.1) is 0 Å². The second kappa shape index (κ2) is 5.98. The van der Waals surface area contributed by atoms with E-state index < -0.39 is 0 Å². The van der Waals surface area contributed by atoms with Gasteiger partial charge in [0.1, 0.15) is 0 Å². The minimum absolute atomic E-state index is 0.119. The predicted octanol–water partition coefficient (Wildman–Crippen LogP) is 0.280. The second-order valence-electron chi connectivity index (χ2n) is 3.99. The van der Waals surface area contributed by atoms with Crippen LogP contribution in [0.15, 0.2) is 0 Å². The molecule has 1 fully saturated rings. The van der Waals surface area contributed by atoms with E-state index in [-0.39, 0.29) is 11.9 Å². The smallest absolute Gasteiger partial charge is 0.221 e. The Morgan fingerprint density at radius 2 is 2.36 bits per heavy atom. The van der Waals surface area contributed by atoms with Gasteiger partial charge in [-0.3, -0.25) is 4.79 Å². The van der Waals surface area contributed by atoms with Crippen LogP contribution in [0.25, 0.3) is 0 Å². The lowest BCUT2D eigenvalue weighted by molar-refractivity contribution is -0.121. The van der Waals surface area contributed by atoms with Gasteiger partial charge >= 0.3 is 0 Å². The van der Waals surface area contributed by atoms with E-state index in [1.54, 1.807) is 0 Å². The van der Waals surface area contributed by atoms with Gasteiger partial charge in [0.15, 0.2) is 0 Å². The Balaban J connectivity index is 2.03. The SMILES string of the molecule is CC(C)NCCC(=O)NC1CCOC1. The van der Waals surface area contributed by atoms with Gasteiger partial charge in [0, 0.05) is 25.6 Å². The van der Waals surface area contributed by atoms with Crippen LogP contribution in [0.1, 0.15) is 26.7 Å². The quantitative estimate of drug-likeness (QED) is 0.670. The minimum Gasteiger partial charge on any atom is -0.379 e.